The van der Waals surface area contributed by atoms with Crippen molar-refractivity contribution in [1.29, 1.82) is 0 Å². The van der Waals surface area contributed by atoms with Crippen molar-refractivity contribution in [2.24, 2.45) is 0 Å². The Morgan fingerprint density at radius 2 is 1.76 bits per heavy atom. The average molecular weight is 476 g/mol. The van der Waals surface area contributed by atoms with Gasteiger partial charge in [0, 0.05) is 19.2 Å². The van der Waals surface area contributed by atoms with E-state index in [4.69, 9.17) is 9.47 Å². The van der Waals surface area contributed by atoms with Crippen LogP contribution in [0.1, 0.15) is 30.4 Å². The van der Waals surface area contributed by atoms with E-state index in [1.807, 2.05) is 12.1 Å². The van der Waals surface area contributed by atoms with E-state index in [-0.39, 0.29) is 12.2 Å². The summed E-state index contributed by atoms with van der Waals surface area (Å²) in [5.74, 6) is 0.427. The molecule has 0 atom stereocenters. The first-order valence-electron chi connectivity index (χ1n) is 11.1. The van der Waals surface area contributed by atoms with E-state index < -0.39 is 15.9 Å². The summed E-state index contributed by atoms with van der Waals surface area (Å²) in [5.41, 5.74) is 2.47. The van der Waals surface area contributed by atoms with Crippen molar-refractivity contribution in [3.8, 4) is 11.5 Å². The van der Waals surface area contributed by atoms with Crippen molar-refractivity contribution in [2.75, 3.05) is 44.4 Å². The number of carbonyl (C=O) groups is 1. The van der Waals surface area contributed by atoms with E-state index in [1.165, 1.54) is 39.0 Å². The van der Waals surface area contributed by atoms with Crippen molar-refractivity contribution in [3.05, 3.63) is 53.6 Å². The Hall–Kier alpha value is -2.78. The van der Waals surface area contributed by atoms with Gasteiger partial charge < -0.3 is 14.8 Å². The van der Waals surface area contributed by atoms with Gasteiger partial charge in [0.25, 0.3) is 0 Å². The largest absolute Gasteiger partial charge is 0.497 e. The van der Waals surface area contributed by atoms with Crippen LogP contribution in [0.25, 0.3) is 0 Å². The number of ether oxygens (including phenoxy) is 2. The van der Waals surface area contributed by atoms with Crippen LogP contribution in [0.15, 0.2) is 42.5 Å². The Labute approximate surface area is 196 Å². The normalized spacial score (nSPS) is 14.5. The number of rotatable bonds is 10. The molecule has 2 aromatic rings. The van der Waals surface area contributed by atoms with Crippen molar-refractivity contribution in [1.82, 2.24) is 10.2 Å². The molecule has 0 aliphatic carbocycles. The van der Waals surface area contributed by atoms with E-state index >= 15 is 0 Å². The van der Waals surface area contributed by atoms with Crippen LogP contribution in [0.5, 0.6) is 11.5 Å². The summed E-state index contributed by atoms with van der Waals surface area (Å²) in [7, 11) is -0.773. The highest BCUT2D eigenvalue weighted by Gasteiger charge is 2.24. The van der Waals surface area contributed by atoms with Crippen LogP contribution in [-0.4, -0.2) is 59.3 Å². The number of anilines is 1. The van der Waals surface area contributed by atoms with Gasteiger partial charge in [0.1, 0.15) is 18.0 Å². The molecular weight excluding hydrogens is 442 g/mol. The zero-order chi connectivity index (χ0) is 23.8. The zero-order valence-corrected chi connectivity index (χ0v) is 20.4. The van der Waals surface area contributed by atoms with Gasteiger partial charge in [-0.15, -0.1) is 0 Å². The minimum atomic E-state index is -3.73. The fourth-order valence-electron chi connectivity index (χ4n) is 3.97. The van der Waals surface area contributed by atoms with Gasteiger partial charge in [0.2, 0.25) is 15.9 Å². The predicted octanol–water partition coefficient (Wildman–Crippen LogP) is 2.77. The molecule has 0 radical (unpaired) electrons. The zero-order valence-electron chi connectivity index (χ0n) is 19.5. The molecule has 9 heteroatoms. The van der Waals surface area contributed by atoms with E-state index in [2.05, 4.69) is 22.3 Å². The number of nitrogens with one attached hydrogen (secondary N) is 1. The number of methoxy groups -OCH3 is 2. The molecule has 33 heavy (non-hydrogen) atoms. The molecule has 1 aliphatic heterocycles. The topological polar surface area (TPSA) is 88.2 Å². The minimum absolute atomic E-state index is 0.277. The summed E-state index contributed by atoms with van der Waals surface area (Å²) in [4.78, 5) is 15.1. The first-order chi connectivity index (χ1) is 15.8. The number of benzene rings is 2. The highest BCUT2D eigenvalue weighted by Crippen LogP contribution is 2.33. The average Bonchev–Trinajstić information content (AvgIpc) is 2.81. The van der Waals surface area contributed by atoms with Crippen LogP contribution in [0.2, 0.25) is 0 Å². The Bertz CT molecular complexity index is 1050. The maximum absolute atomic E-state index is 12.7. The number of nitrogens with zero attached hydrogens (tertiary/aromatic N) is 2. The molecule has 8 nitrogen and oxygen atoms in total. The summed E-state index contributed by atoms with van der Waals surface area (Å²) in [6.45, 7) is 3.12. The summed E-state index contributed by atoms with van der Waals surface area (Å²) >= 11 is 0. The first kappa shape index (κ1) is 24.9. The lowest BCUT2D eigenvalue weighted by molar-refractivity contribution is -0.119. The Kier molecular flexibility index (Phi) is 8.57. The second-order valence-electron chi connectivity index (χ2n) is 8.24. The molecule has 1 N–H and O–H groups in total. The molecule has 0 unspecified atom stereocenters. The van der Waals surface area contributed by atoms with Crippen molar-refractivity contribution in [3.63, 3.8) is 0 Å². The molecule has 1 fully saturated rings. The second-order valence-corrected chi connectivity index (χ2v) is 10.1. The summed E-state index contributed by atoms with van der Waals surface area (Å²) in [5, 5.41) is 2.84. The van der Waals surface area contributed by atoms with Gasteiger partial charge in [-0.3, -0.25) is 14.0 Å². The number of piperidine rings is 1. The van der Waals surface area contributed by atoms with Gasteiger partial charge in [0.15, 0.2) is 0 Å². The molecule has 180 valence electrons. The van der Waals surface area contributed by atoms with Gasteiger partial charge in [-0.2, -0.15) is 0 Å². The molecule has 0 spiro atoms. The predicted molar refractivity (Wildman–Crippen MR) is 129 cm³/mol. The molecule has 1 heterocycles. The van der Waals surface area contributed by atoms with Gasteiger partial charge in [-0.1, -0.05) is 30.7 Å². The number of carbonyl (C=O) groups excluding carboxylic acids is 1. The third-order valence-electron chi connectivity index (χ3n) is 5.68. The van der Waals surface area contributed by atoms with Crippen molar-refractivity contribution in [2.45, 2.75) is 32.4 Å². The molecule has 1 aliphatic rings. The maximum Gasteiger partial charge on any atom is 0.241 e. The third kappa shape index (κ3) is 7.10. The van der Waals surface area contributed by atoms with Gasteiger partial charge in [-0.05, 0) is 49.2 Å². The second kappa shape index (κ2) is 11.4. The molecule has 1 saturated heterocycles. The smallest absolute Gasteiger partial charge is 0.241 e. The Morgan fingerprint density at radius 1 is 1.03 bits per heavy atom. The molecule has 1 amide bonds. The van der Waals surface area contributed by atoms with Gasteiger partial charge in [0.05, 0.1) is 26.2 Å². The van der Waals surface area contributed by atoms with E-state index in [0.29, 0.717) is 18.0 Å². The number of amides is 1. The van der Waals surface area contributed by atoms with Crippen LogP contribution in [0, 0.1) is 0 Å². The molecule has 3 rings (SSSR count). The lowest BCUT2D eigenvalue weighted by Crippen LogP contribution is -2.40. The molecule has 0 bridgehead atoms. The molecule has 0 saturated carbocycles. The third-order valence-corrected chi connectivity index (χ3v) is 6.81. The summed E-state index contributed by atoms with van der Waals surface area (Å²) < 4.78 is 36.4. The molecule has 2 aromatic carbocycles. The number of hydrogen-bond acceptors (Lipinski definition) is 6. The van der Waals surface area contributed by atoms with Crippen LogP contribution in [-0.2, 0) is 27.9 Å². The Balaban J connectivity index is 1.65. The number of likely N-dealkylation sites (tertiary alicyclic amines) is 1. The van der Waals surface area contributed by atoms with E-state index in [1.54, 1.807) is 18.2 Å². The van der Waals surface area contributed by atoms with Crippen LogP contribution >= 0.6 is 0 Å². The minimum Gasteiger partial charge on any atom is -0.497 e. The first-order valence-corrected chi connectivity index (χ1v) is 12.9. The van der Waals surface area contributed by atoms with Crippen LogP contribution in [0.3, 0.4) is 0 Å². The lowest BCUT2D eigenvalue weighted by Gasteiger charge is -2.26. The van der Waals surface area contributed by atoms with Gasteiger partial charge in [-0.25, -0.2) is 8.42 Å². The monoisotopic (exact) mass is 475 g/mol. The van der Waals surface area contributed by atoms with Crippen LogP contribution in [0.4, 0.5) is 5.69 Å². The summed E-state index contributed by atoms with van der Waals surface area (Å²) in [6.07, 6.45) is 4.85. The molecule has 0 aromatic heterocycles. The Morgan fingerprint density at radius 3 is 2.42 bits per heavy atom. The van der Waals surface area contributed by atoms with Crippen molar-refractivity contribution < 1.29 is 22.7 Å². The van der Waals surface area contributed by atoms with E-state index in [0.717, 1.165) is 35.8 Å². The van der Waals surface area contributed by atoms with Crippen LogP contribution < -0.4 is 19.1 Å². The number of sulfonamides is 1. The molecular formula is C24H33N3O5S. The highest BCUT2D eigenvalue weighted by molar-refractivity contribution is 7.92. The van der Waals surface area contributed by atoms with Crippen molar-refractivity contribution >= 4 is 21.6 Å². The SMILES string of the molecule is COc1ccc(N(CC(=O)NCc2cccc(CN3CCCCC3)c2)S(C)(=O)=O)c(OC)c1. The lowest BCUT2D eigenvalue weighted by atomic mass is 10.1. The maximum atomic E-state index is 12.7. The summed E-state index contributed by atoms with van der Waals surface area (Å²) in [6, 6.07) is 12.9. The standard InChI is InChI=1S/C24H33N3O5S/c1-31-21-10-11-22(23(15-21)32-2)27(33(3,29)30)18-24(28)25-16-19-8-7-9-20(14-19)17-26-12-5-4-6-13-26/h7-11,14-15H,4-6,12-13,16-18H2,1-3H3,(H,25,28). The fourth-order valence-corrected chi connectivity index (χ4v) is 4.83. The van der Waals surface area contributed by atoms with E-state index in [9.17, 15) is 13.2 Å². The van der Waals surface area contributed by atoms with Gasteiger partial charge >= 0.3 is 0 Å². The quantitative estimate of drug-likeness (QED) is 0.569. The highest BCUT2D eigenvalue weighted by atomic mass is 32.2. The fraction of sp³-hybridized carbons (Fsp3) is 0.458. The number of hydrogen-bond donors (Lipinski definition) is 1.